The molecule has 2 aliphatic heterocycles. The highest BCUT2D eigenvalue weighted by Crippen LogP contribution is 2.58. The summed E-state index contributed by atoms with van der Waals surface area (Å²) in [6.07, 6.45) is 16.5. The van der Waals surface area contributed by atoms with Crippen LogP contribution in [0, 0.1) is 0 Å². The second-order valence-corrected chi connectivity index (χ2v) is 17.1. The van der Waals surface area contributed by atoms with Crippen LogP contribution in [0.5, 0.6) is 0 Å². The first-order valence-corrected chi connectivity index (χ1v) is 21.8. The van der Waals surface area contributed by atoms with E-state index in [-0.39, 0.29) is 5.41 Å². The molecule has 4 aliphatic rings. The molecule has 0 aromatic heterocycles. The van der Waals surface area contributed by atoms with Crippen LogP contribution in [0.25, 0.3) is 57.3 Å². The second kappa shape index (κ2) is 14.1. The second-order valence-electron chi connectivity index (χ2n) is 17.1. The molecule has 0 amide bonds. The quantitative estimate of drug-likeness (QED) is 0.161. The first-order valence-electron chi connectivity index (χ1n) is 21.8. The molecule has 8 aromatic carbocycles. The van der Waals surface area contributed by atoms with Gasteiger partial charge in [-0.1, -0.05) is 171 Å². The number of para-hydroxylation sites is 3. The van der Waals surface area contributed by atoms with E-state index in [1.807, 2.05) is 0 Å². The van der Waals surface area contributed by atoms with Gasteiger partial charge in [-0.3, -0.25) is 0 Å². The highest BCUT2D eigenvalue weighted by molar-refractivity contribution is 6.08. The van der Waals surface area contributed by atoms with Gasteiger partial charge < -0.3 is 9.80 Å². The smallest absolute Gasteiger partial charge is 0.0540 e. The van der Waals surface area contributed by atoms with Crippen molar-refractivity contribution in [2.24, 2.45) is 0 Å². The Balaban J connectivity index is 0.847. The maximum atomic E-state index is 2.56. The fourth-order valence-corrected chi connectivity index (χ4v) is 11.0. The van der Waals surface area contributed by atoms with Crippen molar-refractivity contribution >= 4 is 63.5 Å². The summed E-state index contributed by atoms with van der Waals surface area (Å²) in [6.45, 7) is 1.08. The third-order valence-electron chi connectivity index (χ3n) is 13.9. The van der Waals surface area contributed by atoms with Crippen LogP contribution in [0.3, 0.4) is 0 Å². The van der Waals surface area contributed by atoms with E-state index in [0.717, 1.165) is 6.54 Å². The molecule has 8 aromatic rings. The Morgan fingerprint density at radius 2 is 1.05 bits per heavy atom. The van der Waals surface area contributed by atoms with Gasteiger partial charge in [-0.05, 0) is 129 Å². The van der Waals surface area contributed by atoms with Gasteiger partial charge in [0.2, 0.25) is 0 Å². The highest BCUT2D eigenvalue weighted by atomic mass is 15.2. The van der Waals surface area contributed by atoms with E-state index < -0.39 is 0 Å². The maximum absolute atomic E-state index is 2.56. The van der Waals surface area contributed by atoms with Gasteiger partial charge >= 0.3 is 0 Å². The monoisotopic (exact) mass is 770 g/mol. The lowest BCUT2D eigenvalue weighted by atomic mass is 9.76. The Morgan fingerprint density at radius 1 is 0.450 bits per heavy atom. The van der Waals surface area contributed by atoms with Crippen LogP contribution in [-0.4, -0.2) is 6.54 Å². The zero-order valence-electron chi connectivity index (χ0n) is 33.8. The van der Waals surface area contributed by atoms with E-state index >= 15 is 0 Å². The number of rotatable bonds is 5. The zero-order chi connectivity index (χ0) is 39.6. The van der Waals surface area contributed by atoms with Crippen LogP contribution in [0.15, 0.2) is 170 Å². The third-order valence-corrected chi connectivity index (χ3v) is 13.9. The predicted molar refractivity (Wildman–Crippen MR) is 255 cm³/mol. The zero-order valence-corrected chi connectivity index (χ0v) is 33.8. The topological polar surface area (TPSA) is 6.48 Å². The summed E-state index contributed by atoms with van der Waals surface area (Å²) in [7, 11) is 0. The van der Waals surface area contributed by atoms with E-state index in [4.69, 9.17) is 0 Å². The Labute approximate surface area is 353 Å². The van der Waals surface area contributed by atoms with E-state index in [1.54, 1.807) is 5.56 Å². The van der Waals surface area contributed by atoms with Crippen molar-refractivity contribution in [3.8, 4) is 22.3 Å². The van der Waals surface area contributed by atoms with Gasteiger partial charge in [-0.2, -0.15) is 0 Å². The summed E-state index contributed by atoms with van der Waals surface area (Å²) in [6, 6.07) is 63.6. The molecule has 2 nitrogen and oxygen atoms in total. The lowest BCUT2D eigenvalue weighted by Crippen LogP contribution is -2.25. The van der Waals surface area contributed by atoms with Crippen molar-refractivity contribution in [2.45, 2.75) is 43.9 Å². The molecule has 1 saturated carbocycles. The van der Waals surface area contributed by atoms with Crippen LogP contribution in [0.1, 0.15) is 71.0 Å². The molecule has 12 rings (SSSR count). The number of aryl methyl sites for hydroxylation is 1. The van der Waals surface area contributed by atoms with Crippen LogP contribution >= 0.6 is 0 Å². The fourth-order valence-electron chi connectivity index (χ4n) is 11.0. The van der Waals surface area contributed by atoms with Crippen molar-refractivity contribution < 1.29 is 0 Å². The first-order chi connectivity index (χ1) is 29.7. The van der Waals surface area contributed by atoms with Crippen molar-refractivity contribution in [1.82, 2.24) is 0 Å². The number of nitrogens with zero attached hydrogens (tertiary/aromatic N) is 2. The average molecular weight is 771 g/mol. The normalized spacial score (nSPS) is 15.8. The van der Waals surface area contributed by atoms with E-state index in [2.05, 4.69) is 204 Å². The molecule has 0 unspecified atom stereocenters. The van der Waals surface area contributed by atoms with Crippen LogP contribution in [0.2, 0.25) is 0 Å². The molecule has 0 N–H and O–H groups in total. The largest absolute Gasteiger partial charge is 0.341 e. The number of anilines is 5. The SMILES string of the molecule is C(=Cc1ccc2c(c1)C1(CCCC1)c1cc(N3CCCc4ccccc43)ccc1-2)c1ccc(-c2ccc(N3c4ccccc4C=Cc4ccccc43)c3ccccc23)cc1. The molecule has 1 fully saturated rings. The third kappa shape index (κ3) is 5.62. The molecule has 1 spiro atoms. The van der Waals surface area contributed by atoms with Gasteiger partial charge in [-0.15, -0.1) is 0 Å². The first kappa shape index (κ1) is 35.1. The Bertz CT molecular complexity index is 2980. The molecule has 2 aliphatic carbocycles. The molecule has 0 atom stereocenters. The molecule has 0 saturated heterocycles. The van der Waals surface area contributed by atoms with Gasteiger partial charge in [0.05, 0.1) is 17.1 Å². The molecular formula is C58H46N2. The molecule has 2 heterocycles. The van der Waals surface area contributed by atoms with Crippen LogP contribution in [0.4, 0.5) is 28.4 Å². The number of hydrogen-bond donors (Lipinski definition) is 0. The summed E-state index contributed by atoms with van der Waals surface area (Å²) in [4.78, 5) is 5.00. The summed E-state index contributed by atoms with van der Waals surface area (Å²) in [5.74, 6) is 0. The number of benzene rings is 8. The van der Waals surface area contributed by atoms with Gasteiger partial charge in [0.25, 0.3) is 0 Å². The van der Waals surface area contributed by atoms with Crippen LogP contribution in [-0.2, 0) is 11.8 Å². The minimum Gasteiger partial charge on any atom is -0.341 e. The fraction of sp³-hybridized carbons (Fsp3) is 0.138. The molecule has 2 heteroatoms. The lowest BCUT2D eigenvalue weighted by molar-refractivity contribution is 0.549. The van der Waals surface area contributed by atoms with Gasteiger partial charge in [0, 0.05) is 28.7 Å². The van der Waals surface area contributed by atoms with Crippen molar-refractivity contribution in [3.05, 3.63) is 209 Å². The van der Waals surface area contributed by atoms with E-state index in [0.29, 0.717) is 0 Å². The highest BCUT2D eigenvalue weighted by Gasteiger charge is 2.45. The molecule has 288 valence electrons. The minimum atomic E-state index is 0.108. The lowest BCUT2D eigenvalue weighted by Gasteiger charge is -2.33. The minimum absolute atomic E-state index is 0.108. The van der Waals surface area contributed by atoms with Crippen molar-refractivity contribution in [1.29, 1.82) is 0 Å². The molecular weight excluding hydrogens is 725 g/mol. The Hall–Kier alpha value is -6.90. The summed E-state index contributed by atoms with van der Waals surface area (Å²) in [5, 5.41) is 2.48. The molecule has 0 bridgehead atoms. The summed E-state index contributed by atoms with van der Waals surface area (Å²) >= 11 is 0. The number of hydrogen-bond acceptors (Lipinski definition) is 2. The van der Waals surface area contributed by atoms with Gasteiger partial charge in [0.1, 0.15) is 0 Å². The summed E-state index contributed by atoms with van der Waals surface area (Å²) in [5.41, 5.74) is 21.2. The summed E-state index contributed by atoms with van der Waals surface area (Å²) < 4.78 is 0. The average Bonchev–Trinajstić information content (AvgIpc) is 3.86. The van der Waals surface area contributed by atoms with E-state index in [1.165, 1.54) is 133 Å². The number of fused-ring (bicyclic) bond motifs is 9. The van der Waals surface area contributed by atoms with Gasteiger partial charge in [-0.25, -0.2) is 0 Å². The Kier molecular flexibility index (Phi) is 8.27. The molecule has 60 heavy (non-hydrogen) atoms. The standard InChI is InChI=1S/C58H46N2/c1-6-18-54-43(12-1)15-11-37-59(54)46-30-32-50-49-31-25-41(38-52(49)58(53(50)39-46)35-9-10-36-58)22-21-40-23-26-42(27-24-40)47-33-34-57(51-17-5-4-16-48(47)51)60-55-19-7-2-13-44(55)28-29-45-14-3-8-20-56(45)60/h1-8,12-14,16-34,38-39H,9-11,15,35-37H2. The molecule has 0 radical (unpaired) electrons. The van der Waals surface area contributed by atoms with Crippen LogP contribution < -0.4 is 9.80 Å². The van der Waals surface area contributed by atoms with Gasteiger partial charge in [0.15, 0.2) is 0 Å². The van der Waals surface area contributed by atoms with Crippen molar-refractivity contribution in [2.75, 3.05) is 16.3 Å². The van der Waals surface area contributed by atoms with E-state index in [9.17, 15) is 0 Å². The van der Waals surface area contributed by atoms with Crippen molar-refractivity contribution in [3.63, 3.8) is 0 Å². The predicted octanol–water partition coefficient (Wildman–Crippen LogP) is 15.6. The Morgan fingerprint density at radius 3 is 1.82 bits per heavy atom. The maximum Gasteiger partial charge on any atom is 0.0540 e.